The van der Waals surface area contributed by atoms with Crippen LogP contribution in [0.25, 0.3) is 16.8 Å². The topological polar surface area (TPSA) is 127 Å². The number of nitrogen functional groups attached to an aromatic ring is 1. The summed E-state index contributed by atoms with van der Waals surface area (Å²) in [5.41, 5.74) is 14.5. The largest absolute Gasteiger partial charge is 0.478 e. The van der Waals surface area contributed by atoms with Gasteiger partial charge in [-0.1, -0.05) is 18.2 Å². The second kappa shape index (κ2) is 10.4. The molecule has 9 heteroatoms. The number of carboxylic acids is 1. The number of hydrogen-bond acceptors (Lipinski definition) is 6. The van der Waals surface area contributed by atoms with Gasteiger partial charge in [0.2, 0.25) is 0 Å². The third kappa shape index (κ3) is 5.47. The van der Waals surface area contributed by atoms with Gasteiger partial charge in [0.1, 0.15) is 17.2 Å². The molecule has 3 rings (SSSR count). The molecule has 0 saturated carbocycles. The maximum atomic E-state index is 15.4. The molecule has 1 aromatic carbocycles. The van der Waals surface area contributed by atoms with Crippen LogP contribution in [-0.4, -0.2) is 27.6 Å². The van der Waals surface area contributed by atoms with Crippen molar-refractivity contribution in [1.29, 1.82) is 0 Å². The highest BCUT2D eigenvalue weighted by molar-refractivity contribution is 6.31. The molecule has 0 radical (unpaired) electrons. The fourth-order valence-electron chi connectivity index (χ4n) is 3.54. The van der Waals surface area contributed by atoms with Gasteiger partial charge in [0.15, 0.2) is 0 Å². The van der Waals surface area contributed by atoms with Crippen LogP contribution in [0.15, 0.2) is 43.2 Å². The number of benzene rings is 1. The summed E-state index contributed by atoms with van der Waals surface area (Å²) in [4.78, 5) is 19.9. The molecule has 0 spiro atoms. The van der Waals surface area contributed by atoms with Gasteiger partial charge < -0.3 is 21.9 Å². The summed E-state index contributed by atoms with van der Waals surface area (Å²) in [5.74, 6) is -1.46. The van der Waals surface area contributed by atoms with Crippen molar-refractivity contribution in [3.8, 4) is 11.3 Å². The second-order valence-corrected chi connectivity index (χ2v) is 8.06. The molecule has 0 bridgehead atoms. The fraction of sp³-hybridized carbons (Fsp3) is 0.208. The number of rotatable bonds is 9. The summed E-state index contributed by atoms with van der Waals surface area (Å²) in [6.45, 7) is 6.22. The van der Waals surface area contributed by atoms with Gasteiger partial charge in [0, 0.05) is 28.5 Å². The average molecular weight is 470 g/mol. The van der Waals surface area contributed by atoms with Gasteiger partial charge in [-0.25, -0.2) is 14.2 Å². The lowest BCUT2D eigenvalue weighted by molar-refractivity contribution is 0.0697. The quantitative estimate of drug-likeness (QED) is 0.314. The molecule has 0 aliphatic heterocycles. The van der Waals surface area contributed by atoms with Gasteiger partial charge in [-0.05, 0) is 68.1 Å². The highest BCUT2D eigenvalue weighted by Crippen LogP contribution is 2.36. The van der Waals surface area contributed by atoms with Crippen LogP contribution in [0.3, 0.4) is 0 Å². The van der Waals surface area contributed by atoms with E-state index in [0.29, 0.717) is 46.1 Å². The summed E-state index contributed by atoms with van der Waals surface area (Å²) in [6.07, 6.45) is 4.68. The van der Waals surface area contributed by atoms with Gasteiger partial charge in [-0.15, -0.1) is 0 Å². The van der Waals surface area contributed by atoms with Gasteiger partial charge in [0.25, 0.3) is 0 Å². The molecule has 33 heavy (non-hydrogen) atoms. The zero-order valence-electron chi connectivity index (χ0n) is 18.2. The molecule has 0 atom stereocenters. The second-order valence-electron chi connectivity index (χ2n) is 7.62. The van der Waals surface area contributed by atoms with Crippen LogP contribution in [0.4, 0.5) is 21.6 Å². The minimum Gasteiger partial charge on any atom is -0.478 e. The zero-order valence-corrected chi connectivity index (χ0v) is 18.9. The minimum absolute atomic E-state index is 0.0294. The van der Waals surface area contributed by atoms with Crippen LogP contribution in [0.1, 0.15) is 41.3 Å². The first-order valence-electron chi connectivity index (χ1n) is 10.3. The summed E-state index contributed by atoms with van der Waals surface area (Å²) in [6, 6.07) is 6.21. The molecule has 0 amide bonds. The van der Waals surface area contributed by atoms with E-state index in [1.165, 1.54) is 24.5 Å². The van der Waals surface area contributed by atoms with Crippen molar-refractivity contribution in [3.05, 3.63) is 70.8 Å². The van der Waals surface area contributed by atoms with Crippen LogP contribution < -0.4 is 16.8 Å². The highest BCUT2D eigenvalue weighted by atomic mass is 35.5. The van der Waals surface area contributed by atoms with Crippen molar-refractivity contribution in [2.24, 2.45) is 5.73 Å². The van der Waals surface area contributed by atoms with E-state index >= 15 is 4.39 Å². The Bertz CT molecular complexity index is 1220. The molecule has 0 saturated heterocycles. The van der Waals surface area contributed by atoms with E-state index in [2.05, 4.69) is 21.9 Å². The first-order valence-corrected chi connectivity index (χ1v) is 10.7. The van der Waals surface area contributed by atoms with Crippen LogP contribution in [0, 0.1) is 5.82 Å². The molecule has 0 aliphatic rings. The number of nitrogens with one attached hydrogen (secondary N) is 1. The van der Waals surface area contributed by atoms with Crippen LogP contribution in [0.2, 0.25) is 5.02 Å². The van der Waals surface area contributed by atoms with Crippen molar-refractivity contribution in [2.75, 3.05) is 17.6 Å². The lowest BCUT2D eigenvalue weighted by Gasteiger charge is -2.18. The molecule has 3 aromatic rings. The number of allylic oxidation sites excluding steroid dienone is 1. The molecule has 2 aromatic heterocycles. The molecular formula is C24H25ClFN5O2. The van der Waals surface area contributed by atoms with Crippen LogP contribution >= 0.6 is 11.6 Å². The highest BCUT2D eigenvalue weighted by Gasteiger charge is 2.19. The van der Waals surface area contributed by atoms with E-state index in [0.717, 1.165) is 12.8 Å². The molecule has 172 valence electrons. The van der Waals surface area contributed by atoms with Crippen LogP contribution in [-0.2, 0) is 6.42 Å². The number of halogens is 2. The van der Waals surface area contributed by atoms with E-state index in [4.69, 9.17) is 23.1 Å². The number of aromatic carboxylic acids is 1. The average Bonchev–Trinajstić information content (AvgIpc) is 2.75. The van der Waals surface area contributed by atoms with Gasteiger partial charge >= 0.3 is 5.97 Å². The molecule has 6 N–H and O–H groups in total. The normalized spacial score (nSPS) is 10.8. The maximum absolute atomic E-state index is 15.4. The van der Waals surface area contributed by atoms with Crippen molar-refractivity contribution < 1.29 is 14.3 Å². The monoisotopic (exact) mass is 469 g/mol. The third-order valence-corrected chi connectivity index (χ3v) is 5.30. The number of carboxylic acid groups (broad SMARTS) is 1. The van der Waals surface area contributed by atoms with E-state index in [-0.39, 0.29) is 22.6 Å². The SMILES string of the molecule is C=C(C)c1c(Nc2ccncc2C(=O)O)cc(-c2cc(Cl)cc(CCCCN)c2F)nc1N. The number of hydrogen-bond donors (Lipinski definition) is 4. The number of nitrogens with zero attached hydrogens (tertiary/aromatic N) is 2. The van der Waals surface area contributed by atoms with Gasteiger partial charge in [0.05, 0.1) is 17.1 Å². The molecule has 0 fully saturated rings. The van der Waals surface area contributed by atoms with Gasteiger partial charge in [-0.3, -0.25) is 4.98 Å². The van der Waals surface area contributed by atoms with E-state index in [1.54, 1.807) is 19.1 Å². The van der Waals surface area contributed by atoms with E-state index < -0.39 is 11.8 Å². The Hall–Kier alpha value is -3.49. The van der Waals surface area contributed by atoms with E-state index in [9.17, 15) is 9.90 Å². The van der Waals surface area contributed by atoms with Crippen molar-refractivity contribution in [3.63, 3.8) is 0 Å². The van der Waals surface area contributed by atoms with Crippen molar-refractivity contribution in [2.45, 2.75) is 26.2 Å². The summed E-state index contributed by atoms with van der Waals surface area (Å²) in [7, 11) is 0. The van der Waals surface area contributed by atoms with Crippen molar-refractivity contribution in [1.82, 2.24) is 9.97 Å². The lowest BCUT2D eigenvalue weighted by Crippen LogP contribution is -2.07. The Morgan fingerprint density at radius 3 is 2.70 bits per heavy atom. The number of unbranched alkanes of at least 4 members (excludes halogenated alkanes) is 1. The number of carbonyl (C=O) groups is 1. The number of aryl methyl sites for hydroxylation is 1. The Morgan fingerprint density at radius 1 is 1.27 bits per heavy atom. The first-order chi connectivity index (χ1) is 15.7. The minimum atomic E-state index is -1.15. The number of pyridine rings is 2. The molecule has 0 aliphatic carbocycles. The Morgan fingerprint density at radius 2 is 2.03 bits per heavy atom. The third-order valence-electron chi connectivity index (χ3n) is 5.08. The predicted octanol–water partition coefficient (Wildman–Crippen LogP) is 5.27. The van der Waals surface area contributed by atoms with Crippen molar-refractivity contribution >= 4 is 40.3 Å². The summed E-state index contributed by atoms with van der Waals surface area (Å²) < 4.78 is 15.4. The lowest BCUT2D eigenvalue weighted by atomic mass is 9.99. The van der Waals surface area contributed by atoms with E-state index in [1.807, 2.05) is 0 Å². The predicted molar refractivity (Wildman–Crippen MR) is 130 cm³/mol. The molecular weight excluding hydrogens is 445 g/mol. The van der Waals surface area contributed by atoms with Gasteiger partial charge in [-0.2, -0.15) is 0 Å². The fourth-order valence-corrected chi connectivity index (χ4v) is 3.78. The molecule has 0 unspecified atom stereocenters. The number of aromatic nitrogens is 2. The Kier molecular flexibility index (Phi) is 7.63. The molecule has 7 nitrogen and oxygen atoms in total. The zero-order chi connectivity index (χ0) is 24.1. The maximum Gasteiger partial charge on any atom is 0.339 e. The Balaban J connectivity index is 2.14. The molecule has 2 heterocycles. The summed E-state index contributed by atoms with van der Waals surface area (Å²) >= 11 is 6.28. The summed E-state index contributed by atoms with van der Waals surface area (Å²) in [5, 5.41) is 12.9. The Labute approximate surface area is 196 Å². The standard InChI is InChI=1S/C24H25ClFN5O2/c1-13(2)21-20(30-18-6-8-29-12-17(18)24(32)33)11-19(31-23(21)28)16-10-15(25)9-14(22(16)26)5-3-4-7-27/h6,8-12H,1,3-5,7,27H2,2H3,(H,32,33)(H3,28,29,30,31). The first kappa shape index (κ1) is 24.2. The number of anilines is 3. The number of nitrogens with two attached hydrogens (primary N) is 2. The van der Waals surface area contributed by atoms with Crippen LogP contribution in [0.5, 0.6) is 0 Å². The smallest absolute Gasteiger partial charge is 0.339 e.